The topological polar surface area (TPSA) is 74.4 Å². The molecule has 10 heteroatoms. The Morgan fingerprint density at radius 3 is 2.31 bits per heavy atom. The molecule has 3 aromatic rings. The van der Waals surface area contributed by atoms with E-state index in [0.29, 0.717) is 27.1 Å². The highest BCUT2D eigenvalue weighted by Crippen LogP contribution is 2.30. The Bertz CT molecular complexity index is 1090. The Morgan fingerprint density at radius 1 is 1.00 bits per heavy atom. The van der Waals surface area contributed by atoms with Crippen molar-refractivity contribution in [3.05, 3.63) is 81.7 Å². The second-order valence-corrected chi connectivity index (χ2v) is 8.89. The maximum Gasteiger partial charge on any atom is 0.341 e. The molecule has 1 heterocycles. The molecule has 0 spiro atoms. The quantitative estimate of drug-likeness (QED) is 0.203. The van der Waals surface area contributed by atoms with Crippen LogP contribution in [-0.4, -0.2) is 22.8 Å². The first-order chi connectivity index (χ1) is 15.4. The molecule has 2 aromatic carbocycles. The van der Waals surface area contributed by atoms with Crippen LogP contribution >= 0.6 is 47.4 Å². The van der Waals surface area contributed by atoms with Gasteiger partial charge in [0.1, 0.15) is 5.00 Å². The number of hydrogen-bond acceptors (Lipinski definition) is 5. The number of anilines is 2. The van der Waals surface area contributed by atoms with Gasteiger partial charge in [0.15, 0.2) is 10.2 Å². The highest BCUT2D eigenvalue weighted by molar-refractivity contribution is 7.81. The van der Waals surface area contributed by atoms with Gasteiger partial charge < -0.3 is 15.4 Å². The number of esters is 1. The summed E-state index contributed by atoms with van der Waals surface area (Å²) in [6, 6.07) is 19.0. The number of rotatable bonds is 6. The zero-order valence-electron chi connectivity index (χ0n) is 17.1. The fourth-order valence-electron chi connectivity index (χ4n) is 2.72. The number of thiocarbonyl (C=S) groups is 2. The standard InChI is InChI=1S/C22H21ClN4O2S3/c1-2-29-20(28)18-13-17(12-14-6-4-3-5-7-14)32-19(18)25-22(31)27-26-21(30)24-16-10-8-15(23)9-11-16/h3-11,13H,2,12H2,1H3,(H2,24,26,30)(H2,25,27,31). The summed E-state index contributed by atoms with van der Waals surface area (Å²) in [5.74, 6) is -0.402. The van der Waals surface area contributed by atoms with E-state index in [1.807, 2.05) is 36.4 Å². The molecular weight excluding hydrogens is 484 g/mol. The van der Waals surface area contributed by atoms with Crippen molar-refractivity contribution in [2.24, 2.45) is 0 Å². The van der Waals surface area contributed by atoms with Crippen LogP contribution in [0.3, 0.4) is 0 Å². The van der Waals surface area contributed by atoms with Gasteiger partial charge in [0.05, 0.1) is 12.2 Å². The fourth-order valence-corrected chi connectivity index (χ4v) is 4.32. The van der Waals surface area contributed by atoms with E-state index in [0.717, 1.165) is 16.1 Å². The second-order valence-electron chi connectivity index (χ2n) is 6.50. The van der Waals surface area contributed by atoms with Crippen LogP contribution in [0.5, 0.6) is 0 Å². The first-order valence-electron chi connectivity index (χ1n) is 9.68. The van der Waals surface area contributed by atoms with Crippen molar-refractivity contribution in [3.8, 4) is 0 Å². The van der Waals surface area contributed by atoms with E-state index in [-0.39, 0.29) is 11.7 Å². The van der Waals surface area contributed by atoms with Crippen molar-refractivity contribution in [1.29, 1.82) is 0 Å². The van der Waals surface area contributed by atoms with Crippen LogP contribution in [0.2, 0.25) is 5.02 Å². The zero-order valence-corrected chi connectivity index (χ0v) is 20.3. The number of halogens is 1. The molecule has 0 atom stereocenters. The molecule has 6 nitrogen and oxygen atoms in total. The van der Waals surface area contributed by atoms with Crippen LogP contribution in [0.1, 0.15) is 27.7 Å². The highest BCUT2D eigenvalue weighted by atomic mass is 35.5. The minimum Gasteiger partial charge on any atom is -0.462 e. The van der Waals surface area contributed by atoms with Gasteiger partial charge in [-0.1, -0.05) is 41.9 Å². The molecule has 0 saturated carbocycles. The summed E-state index contributed by atoms with van der Waals surface area (Å²) >= 11 is 17.9. The molecule has 0 aliphatic carbocycles. The summed E-state index contributed by atoms with van der Waals surface area (Å²) < 4.78 is 5.19. The number of thiophene rings is 1. The molecular formula is C22H21ClN4O2S3. The number of carbonyl (C=O) groups is 1. The van der Waals surface area contributed by atoms with Crippen LogP contribution in [0.4, 0.5) is 10.7 Å². The number of hydrazine groups is 1. The van der Waals surface area contributed by atoms with Crippen LogP contribution in [-0.2, 0) is 11.2 Å². The van der Waals surface area contributed by atoms with E-state index in [1.54, 1.807) is 31.2 Å². The summed E-state index contributed by atoms with van der Waals surface area (Å²) in [6.45, 7) is 2.06. The lowest BCUT2D eigenvalue weighted by atomic mass is 10.1. The SMILES string of the molecule is CCOC(=O)c1cc(Cc2ccccc2)sc1NC(=S)NNC(=S)Nc1ccc(Cl)cc1. The maximum atomic E-state index is 12.4. The molecule has 4 N–H and O–H groups in total. The van der Waals surface area contributed by atoms with Gasteiger partial charge >= 0.3 is 5.97 Å². The smallest absolute Gasteiger partial charge is 0.341 e. The van der Waals surface area contributed by atoms with E-state index in [4.69, 9.17) is 40.8 Å². The molecule has 166 valence electrons. The summed E-state index contributed by atoms with van der Waals surface area (Å²) in [5, 5.41) is 7.87. The van der Waals surface area contributed by atoms with Gasteiger partial charge in [-0.25, -0.2) is 4.79 Å². The third-order valence-electron chi connectivity index (χ3n) is 4.12. The lowest BCUT2D eigenvalue weighted by molar-refractivity contribution is 0.0528. The Hall–Kier alpha value is -2.72. The molecule has 0 amide bonds. The summed E-state index contributed by atoms with van der Waals surface area (Å²) in [6.07, 6.45) is 0.702. The number of hydrogen-bond donors (Lipinski definition) is 4. The van der Waals surface area contributed by atoms with Crippen molar-refractivity contribution >= 4 is 74.3 Å². The molecule has 0 aliphatic heterocycles. The number of carbonyl (C=O) groups excluding carboxylic acids is 1. The molecule has 0 radical (unpaired) electrons. The van der Waals surface area contributed by atoms with Crippen LogP contribution in [0.25, 0.3) is 0 Å². The number of ether oxygens (including phenoxy) is 1. The maximum absolute atomic E-state index is 12.4. The molecule has 32 heavy (non-hydrogen) atoms. The predicted molar refractivity (Wildman–Crippen MR) is 140 cm³/mol. The fraction of sp³-hybridized carbons (Fsp3) is 0.136. The van der Waals surface area contributed by atoms with E-state index < -0.39 is 5.97 Å². The third-order valence-corrected chi connectivity index (χ3v) is 5.83. The van der Waals surface area contributed by atoms with Gasteiger partial charge in [-0.05, 0) is 67.3 Å². The normalized spacial score (nSPS) is 10.2. The van der Waals surface area contributed by atoms with Crippen LogP contribution < -0.4 is 21.5 Å². The van der Waals surface area contributed by atoms with Crippen molar-refractivity contribution < 1.29 is 9.53 Å². The van der Waals surface area contributed by atoms with Crippen molar-refractivity contribution in [1.82, 2.24) is 10.9 Å². The molecule has 0 saturated heterocycles. The largest absolute Gasteiger partial charge is 0.462 e. The lowest BCUT2D eigenvalue weighted by Gasteiger charge is -2.14. The minimum atomic E-state index is -0.402. The van der Waals surface area contributed by atoms with Gasteiger partial charge in [0, 0.05) is 22.0 Å². The van der Waals surface area contributed by atoms with Crippen molar-refractivity contribution in [3.63, 3.8) is 0 Å². The number of nitrogens with one attached hydrogen (secondary N) is 4. The Kier molecular flexibility index (Phi) is 8.81. The van der Waals surface area contributed by atoms with Crippen LogP contribution in [0.15, 0.2) is 60.7 Å². The molecule has 0 unspecified atom stereocenters. The average molecular weight is 505 g/mol. The predicted octanol–water partition coefficient (Wildman–Crippen LogP) is 5.36. The van der Waals surface area contributed by atoms with Gasteiger partial charge in [-0.2, -0.15) is 0 Å². The molecule has 0 fully saturated rings. The lowest BCUT2D eigenvalue weighted by Crippen LogP contribution is -2.45. The van der Waals surface area contributed by atoms with E-state index in [2.05, 4.69) is 21.5 Å². The monoisotopic (exact) mass is 504 g/mol. The summed E-state index contributed by atoms with van der Waals surface area (Å²) in [5.41, 5.74) is 7.99. The van der Waals surface area contributed by atoms with E-state index >= 15 is 0 Å². The number of benzene rings is 2. The Morgan fingerprint density at radius 2 is 1.66 bits per heavy atom. The van der Waals surface area contributed by atoms with Crippen LogP contribution in [0, 0.1) is 0 Å². The van der Waals surface area contributed by atoms with E-state index in [1.165, 1.54) is 11.3 Å². The molecule has 3 rings (SSSR count). The molecule has 0 bridgehead atoms. The average Bonchev–Trinajstić information content (AvgIpc) is 3.17. The first-order valence-corrected chi connectivity index (χ1v) is 11.7. The van der Waals surface area contributed by atoms with E-state index in [9.17, 15) is 4.79 Å². The Labute approximate surface area is 206 Å². The first kappa shape index (κ1) is 23.9. The minimum absolute atomic E-state index is 0.254. The summed E-state index contributed by atoms with van der Waals surface area (Å²) in [4.78, 5) is 13.4. The third kappa shape index (κ3) is 7.16. The Balaban J connectivity index is 1.62. The van der Waals surface area contributed by atoms with Gasteiger partial charge in [-0.15, -0.1) is 11.3 Å². The molecule has 1 aromatic heterocycles. The molecule has 0 aliphatic rings. The van der Waals surface area contributed by atoms with Gasteiger partial charge in [0.25, 0.3) is 0 Å². The van der Waals surface area contributed by atoms with Crippen molar-refractivity contribution in [2.75, 3.05) is 17.2 Å². The highest BCUT2D eigenvalue weighted by Gasteiger charge is 2.18. The second kappa shape index (κ2) is 11.8. The van der Waals surface area contributed by atoms with Gasteiger partial charge in [0.2, 0.25) is 0 Å². The van der Waals surface area contributed by atoms with Crippen molar-refractivity contribution in [2.45, 2.75) is 13.3 Å². The summed E-state index contributed by atoms with van der Waals surface area (Å²) in [7, 11) is 0. The zero-order chi connectivity index (χ0) is 22.9. The van der Waals surface area contributed by atoms with Gasteiger partial charge in [-0.3, -0.25) is 10.9 Å².